The predicted octanol–water partition coefficient (Wildman–Crippen LogP) is 3.63. The number of nitrogens with one attached hydrogen (secondary N) is 1. The maximum absolute atomic E-state index is 13.7. The first-order valence-electron chi connectivity index (χ1n) is 6.67. The molecule has 0 unspecified atom stereocenters. The zero-order valence-electron chi connectivity index (χ0n) is 11.8. The van der Waals surface area contributed by atoms with Gasteiger partial charge in [-0.1, -0.05) is 18.2 Å². The Morgan fingerprint density at radius 1 is 1.18 bits per heavy atom. The van der Waals surface area contributed by atoms with E-state index in [0.717, 1.165) is 0 Å². The molecule has 0 aliphatic rings. The van der Waals surface area contributed by atoms with Gasteiger partial charge >= 0.3 is 0 Å². The van der Waals surface area contributed by atoms with Crippen molar-refractivity contribution < 1.29 is 13.9 Å². The number of amides is 1. The smallest absolute Gasteiger partial charge is 0.255 e. The zero-order valence-corrected chi connectivity index (χ0v) is 11.8. The Kier molecular flexibility index (Phi) is 3.70. The number of fused-ring (bicyclic) bond motifs is 1. The number of halogens is 1. The van der Waals surface area contributed by atoms with Gasteiger partial charge in [-0.05, 0) is 30.3 Å². The first-order chi connectivity index (χ1) is 10.7. The molecule has 0 atom stereocenters. The van der Waals surface area contributed by atoms with Crippen molar-refractivity contribution in [2.75, 3.05) is 12.4 Å². The molecule has 110 valence electrons. The molecule has 0 saturated heterocycles. The van der Waals surface area contributed by atoms with E-state index in [0.29, 0.717) is 22.4 Å². The van der Waals surface area contributed by atoms with Gasteiger partial charge in [-0.3, -0.25) is 9.78 Å². The molecule has 0 saturated carbocycles. The third-order valence-corrected chi connectivity index (χ3v) is 3.30. The summed E-state index contributed by atoms with van der Waals surface area (Å²) >= 11 is 0. The van der Waals surface area contributed by atoms with Crippen molar-refractivity contribution in [3.63, 3.8) is 0 Å². The van der Waals surface area contributed by atoms with E-state index in [4.69, 9.17) is 4.74 Å². The van der Waals surface area contributed by atoms with Crippen LogP contribution in [0.3, 0.4) is 0 Å². The summed E-state index contributed by atoms with van der Waals surface area (Å²) in [6.45, 7) is 0. The van der Waals surface area contributed by atoms with Gasteiger partial charge in [0.05, 0.1) is 12.8 Å². The molecule has 1 amide bonds. The van der Waals surface area contributed by atoms with E-state index in [9.17, 15) is 9.18 Å². The van der Waals surface area contributed by atoms with E-state index in [1.165, 1.54) is 19.4 Å². The summed E-state index contributed by atoms with van der Waals surface area (Å²) in [6, 6.07) is 13.1. The highest BCUT2D eigenvalue weighted by molar-refractivity contribution is 6.08. The maximum atomic E-state index is 13.7. The fraction of sp³-hybridized carbons (Fsp3) is 0.0588. The molecule has 3 rings (SSSR count). The van der Waals surface area contributed by atoms with Gasteiger partial charge in [0.1, 0.15) is 17.1 Å². The number of hydrogen-bond acceptors (Lipinski definition) is 3. The average Bonchev–Trinajstić information content (AvgIpc) is 2.56. The maximum Gasteiger partial charge on any atom is 0.255 e. The number of para-hydroxylation sites is 1. The van der Waals surface area contributed by atoms with Crippen molar-refractivity contribution in [1.82, 2.24) is 4.98 Å². The number of benzene rings is 2. The van der Waals surface area contributed by atoms with Crippen LogP contribution in [0.2, 0.25) is 0 Å². The van der Waals surface area contributed by atoms with E-state index in [-0.39, 0.29) is 11.4 Å². The summed E-state index contributed by atoms with van der Waals surface area (Å²) in [4.78, 5) is 16.3. The minimum atomic E-state index is -0.421. The van der Waals surface area contributed by atoms with E-state index in [1.54, 1.807) is 42.5 Å². The number of nitrogens with zero attached hydrogens (tertiary/aromatic N) is 1. The average molecular weight is 296 g/mol. The lowest BCUT2D eigenvalue weighted by atomic mass is 10.1. The molecule has 0 aliphatic carbocycles. The van der Waals surface area contributed by atoms with Crippen molar-refractivity contribution in [3.8, 4) is 5.75 Å². The van der Waals surface area contributed by atoms with Gasteiger partial charge in [-0.25, -0.2) is 4.39 Å². The van der Waals surface area contributed by atoms with Crippen LogP contribution >= 0.6 is 0 Å². The van der Waals surface area contributed by atoms with Crippen LogP contribution in [0.25, 0.3) is 10.9 Å². The van der Waals surface area contributed by atoms with Crippen molar-refractivity contribution in [2.24, 2.45) is 0 Å². The van der Waals surface area contributed by atoms with Crippen LogP contribution < -0.4 is 10.1 Å². The molecular formula is C17H13FN2O2. The van der Waals surface area contributed by atoms with Crippen LogP contribution in [0.4, 0.5) is 10.1 Å². The predicted molar refractivity (Wildman–Crippen MR) is 82.6 cm³/mol. The third kappa shape index (κ3) is 2.61. The molecule has 5 heteroatoms. The number of carbonyl (C=O) groups excluding carboxylic acids is 1. The molecule has 4 nitrogen and oxygen atoms in total. The second-order valence-corrected chi connectivity index (χ2v) is 4.68. The van der Waals surface area contributed by atoms with Crippen LogP contribution in [0.5, 0.6) is 5.75 Å². The second kappa shape index (κ2) is 5.81. The summed E-state index contributed by atoms with van der Waals surface area (Å²) in [5, 5.41) is 3.33. The van der Waals surface area contributed by atoms with Crippen molar-refractivity contribution in [1.29, 1.82) is 0 Å². The molecule has 22 heavy (non-hydrogen) atoms. The topological polar surface area (TPSA) is 51.2 Å². The van der Waals surface area contributed by atoms with E-state index >= 15 is 0 Å². The van der Waals surface area contributed by atoms with Gasteiger partial charge in [-0.15, -0.1) is 0 Å². The first-order valence-corrected chi connectivity index (χ1v) is 6.67. The number of aromatic nitrogens is 1. The van der Waals surface area contributed by atoms with Gasteiger partial charge < -0.3 is 10.1 Å². The molecule has 0 bridgehead atoms. The lowest BCUT2D eigenvalue weighted by molar-refractivity contribution is 0.102. The SMILES string of the molecule is COc1cccc(C(=O)Nc2ccnc3c(F)cccc23)c1. The highest BCUT2D eigenvalue weighted by atomic mass is 19.1. The minimum Gasteiger partial charge on any atom is -0.497 e. The summed E-state index contributed by atoms with van der Waals surface area (Å²) in [6.07, 6.45) is 1.46. The number of anilines is 1. The van der Waals surface area contributed by atoms with Crippen LogP contribution in [0, 0.1) is 5.82 Å². The summed E-state index contributed by atoms with van der Waals surface area (Å²) in [5.74, 6) is -0.121. The Morgan fingerprint density at radius 3 is 2.82 bits per heavy atom. The summed E-state index contributed by atoms with van der Waals surface area (Å²) in [5.41, 5.74) is 1.20. The molecule has 1 heterocycles. The fourth-order valence-electron chi connectivity index (χ4n) is 2.21. The third-order valence-electron chi connectivity index (χ3n) is 3.30. The highest BCUT2D eigenvalue weighted by Gasteiger charge is 2.11. The standard InChI is InChI=1S/C17H13FN2O2/c1-22-12-5-2-4-11(10-12)17(21)20-15-8-9-19-16-13(15)6-3-7-14(16)18/h2-10H,1H3,(H,19,20,21). The second-order valence-electron chi connectivity index (χ2n) is 4.68. The first kappa shape index (κ1) is 14.0. The number of carbonyl (C=O) groups is 1. The molecule has 2 aromatic carbocycles. The molecule has 0 spiro atoms. The van der Waals surface area contributed by atoms with Gasteiger partial charge in [0.25, 0.3) is 5.91 Å². The summed E-state index contributed by atoms with van der Waals surface area (Å²) < 4.78 is 18.8. The molecule has 0 radical (unpaired) electrons. The Labute approximate surface area is 126 Å². The lowest BCUT2D eigenvalue weighted by Crippen LogP contribution is -2.12. The molecule has 1 aromatic heterocycles. The van der Waals surface area contributed by atoms with Crippen LogP contribution in [-0.4, -0.2) is 18.0 Å². The largest absolute Gasteiger partial charge is 0.497 e. The van der Waals surface area contributed by atoms with Gasteiger partial charge in [0.15, 0.2) is 0 Å². The van der Waals surface area contributed by atoms with Gasteiger partial charge in [0, 0.05) is 17.1 Å². The number of pyridine rings is 1. The van der Waals surface area contributed by atoms with Gasteiger partial charge in [0.2, 0.25) is 0 Å². The Hall–Kier alpha value is -2.95. The number of hydrogen-bond donors (Lipinski definition) is 1. The lowest BCUT2D eigenvalue weighted by Gasteiger charge is -2.09. The minimum absolute atomic E-state index is 0.228. The van der Waals surface area contributed by atoms with E-state index < -0.39 is 5.82 Å². The van der Waals surface area contributed by atoms with E-state index in [1.807, 2.05) is 0 Å². The molecular weight excluding hydrogens is 283 g/mol. The molecule has 3 aromatic rings. The highest BCUT2D eigenvalue weighted by Crippen LogP contribution is 2.24. The van der Waals surface area contributed by atoms with Crippen LogP contribution in [0.15, 0.2) is 54.7 Å². The normalized spacial score (nSPS) is 10.5. The number of ether oxygens (including phenoxy) is 1. The molecule has 0 fully saturated rings. The monoisotopic (exact) mass is 296 g/mol. The van der Waals surface area contributed by atoms with Crippen molar-refractivity contribution in [2.45, 2.75) is 0 Å². The Bertz CT molecular complexity index is 849. The Balaban J connectivity index is 1.96. The van der Waals surface area contributed by atoms with Crippen molar-refractivity contribution in [3.05, 3.63) is 66.1 Å². The van der Waals surface area contributed by atoms with Crippen molar-refractivity contribution >= 4 is 22.5 Å². The van der Waals surface area contributed by atoms with Gasteiger partial charge in [-0.2, -0.15) is 0 Å². The zero-order chi connectivity index (χ0) is 15.5. The van der Waals surface area contributed by atoms with Crippen LogP contribution in [0.1, 0.15) is 10.4 Å². The Morgan fingerprint density at radius 2 is 2.00 bits per heavy atom. The molecule has 0 aliphatic heterocycles. The fourth-order valence-corrected chi connectivity index (χ4v) is 2.21. The number of rotatable bonds is 3. The van der Waals surface area contributed by atoms with Crippen LogP contribution in [-0.2, 0) is 0 Å². The molecule has 1 N–H and O–H groups in total. The van der Waals surface area contributed by atoms with E-state index in [2.05, 4.69) is 10.3 Å². The number of methoxy groups -OCH3 is 1. The summed E-state index contributed by atoms with van der Waals surface area (Å²) in [7, 11) is 1.54. The quantitative estimate of drug-likeness (QED) is 0.803.